The van der Waals surface area contributed by atoms with Crippen molar-refractivity contribution in [1.82, 2.24) is 49.4 Å². The molecule has 0 radical (unpaired) electrons. The zero-order valence-corrected chi connectivity index (χ0v) is 31.1. The molecule has 0 atom stereocenters. The van der Waals surface area contributed by atoms with Crippen molar-refractivity contribution in [3.8, 4) is 0 Å². The summed E-state index contributed by atoms with van der Waals surface area (Å²) in [7, 11) is 13.7. The van der Waals surface area contributed by atoms with Gasteiger partial charge in [-0.15, -0.1) is 0 Å². The number of aliphatic carboxylic acids is 1. The topological polar surface area (TPSA) is 232 Å². The number of carbonyl (C=O) groups is 10. The van der Waals surface area contributed by atoms with E-state index >= 15 is 0 Å². The molecule has 0 aliphatic rings. The zero-order chi connectivity index (χ0) is 39.7. The third-order valence-corrected chi connectivity index (χ3v) is 7.51. The molecule has 0 aromatic heterocycles. The van der Waals surface area contributed by atoms with Crippen LogP contribution < -0.4 is 5.32 Å². The van der Waals surface area contributed by atoms with Crippen molar-refractivity contribution in [2.75, 3.05) is 136 Å². The number of hydrogen-bond donors (Lipinski definition) is 2. The summed E-state index contributed by atoms with van der Waals surface area (Å²) in [5.41, 5.74) is 0. The number of likely N-dealkylation sites (N-methyl/N-ethyl adjacent to an activating group) is 10. The Bertz CT molecular complexity index is 1330. The second-order valence-electron chi connectivity index (χ2n) is 12.2. The summed E-state index contributed by atoms with van der Waals surface area (Å²) >= 11 is 0. The van der Waals surface area contributed by atoms with Crippen molar-refractivity contribution in [3.05, 3.63) is 0 Å². The highest BCUT2D eigenvalue weighted by Gasteiger charge is 2.25. The largest absolute Gasteiger partial charge is 0.480 e. The van der Waals surface area contributed by atoms with E-state index in [9.17, 15) is 47.9 Å². The van der Waals surface area contributed by atoms with E-state index in [1.165, 1.54) is 68.3 Å². The molecule has 0 aliphatic carbocycles. The average Bonchev–Trinajstić information content (AvgIpc) is 3.03. The first kappa shape index (κ1) is 45.7. The highest BCUT2D eigenvalue weighted by atomic mass is 16.4. The monoisotopic (exact) mass is 728 g/mol. The lowest BCUT2D eigenvalue weighted by molar-refractivity contribution is -0.147. The summed E-state index contributed by atoms with van der Waals surface area (Å²) in [4.78, 5) is 133. The van der Waals surface area contributed by atoms with Gasteiger partial charge in [-0.05, 0) is 7.05 Å². The summed E-state index contributed by atoms with van der Waals surface area (Å²) in [6, 6.07) is 0. The zero-order valence-electron chi connectivity index (χ0n) is 31.1. The number of carboxylic acids is 1. The molecule has 0 aromatic carbocycles. The fraction of sp³-hybridized carbons (Fsp3) is 0.667. The van der Waals surface area contributed by atoms with E-state index in [-0.39, 0.29) is 25.5 Å². The smallest absolute Gasteiger partial charge is 0.323 e. The highest BCUT2D eigenvalue weighted by Crippen LogP contribution is 2.00. The Morgan fingerprint density at radius 1 is 0.333 bits per heavy atom. The SMILES string of the molecule is CNCC(=O)N(C)CC(=O)N(C)CC(=O)N(C)CC(=O)N(C)CC(=O)N(C)CC(=O)N(C)CC(=O)N(C)CC(=O)N(C)CC(=O)N(C)CC(=O)O. The minimum Gasteiger partial charge on any atom is -0.480 e. The molecule has 2 N–H and O–H groups in total. The Labute approximate surface area is 297 Å². The lowest BCUT2D eigenvalue weighted by Crippen LogP contribution is -2.49. The summed E-state index contributed by atoms with van der Waals surface area (Å²) in [6.45, 7) is -3.59. The molecule has 21 heteroatoms. The quantitative estimate of drug-likeness (QED) is 0.120. The minimum absolute atomic E-state index is 0.0467. The molecule has 51 heavy (non-hydrogen) atoms. The number of carboxylic acid groups (broad SMARTS) is 1. The predicted molar refractivity (Wildman–Crippen MR) is 180 cm³/mol. The summed E-state index contributed by atoms with van der Waals surface area (Å²) < 4.78 is 0. The Kier molecular flexibility index (Phi) is 19.4. The van der Waals surface area contributed by atoms with E-state index in [2.05, 4.69) is 5.32 Å². The van der Waals surface area contributed by atoms with Crippen molar-refractivity contribution in [2.45, 2.75) is 0 Å². The van der Waals surface area contributed by atoms with Gasteiger partial charge in [0.1, 0.15) is 6.54 Å². The van der Waals surface area contributed by atoms with Crippen LogP contribution >= 0.6 is 0 Å². The molecule has 21 nitrogen and oxygen atoms in total. The number of carbonyl (C=O) groups excluding carboxylic acids is 9. The first-order valence-electron chi connectivity index (χ1n) is 15.5. The van der Waals surface area contributed by atoms with Gasteiger partial charge >= 0.3 is 5.97 Å². The number of rotatable bonds is 20. The van der Waals surface area contributed by atoms with Gasteiger partial charge in [0.2, 0.25) is 53.2 Å². The minimum atomic E-state index is -1.21. The Morgan fingerprint density at radius 2 is 0.490 bits per heavy atom. The van der Waals surface area contributed by atoms with Crippen molar-refractivity contribution in [2.24, 2.45) is 0 Å². The number of nitrogens with one attached hydrogen (secondary N) is 1. The third kappa shape index (κ3) is 16.7. The van der Waals surface area contributed by atoms with Gasteiger partial charge in [0.25, 0.3) is 0 Å². The summed E-state index contributed by atoms with van der Waals surface area (Å²) in [5, 5.41) is 11.5. The third-order valence-electron chi connectivity index (χ3n) is 7.51. The van der Waals surface area contributed by atoms with Gasteiger partial charge in [-0.2, -0.15) is 0 Å². The molecular weight excluding hydrogens is 676 g/mol. The Hall–Kier alpha value is -5.34. The molecule has 0 aromatic rings. The van der Waals surface area contributed by atoms with Gasteiger partial charge < -0.3 is 54.5 Å². The van der Waals surface area contributed by atoms with Gasteiger partial charge in [-0.3, -0.25) is 47.9 Å². The standard InChI is InChI=1S/C30H52N10O11/c1-31-11-21(41)32(2)12-22(42)33(3)13-23(43)34(4)14-24(44)35(5)15-25(45)36(6)16-26(46)37(7)17-27(47)38(8)18-28(48)39(9)19-29(49)40(10)20-30(50)51/h31H,11-20H2,1-10H3,(H,50,51). The maximum Gasteiger partial charge on any atom is 0.323 e. The molecule has 0 spiro atoms. The molecule has 0 bridgehead atoms. The van der Waals surface area contributed by atoms with Crippen LogP contribution in [0.4, 0.5) is 0 Å². The molecular formula is C30H52N10O11. The van der Waals surface area contributed by atoms with E-state index < -0.39 is 99.0 Å². The van der Waals surface area contributed by atoms with Gasteiger partial charge in [-0.25, -0.2) is 0 Å². The van der Waals surface area contributed by atoms with Crippen LogP contribution in [0.2, 0.25) is 0 Å². The molecule has 0 heterocycles. The summed E-state index contributed by atoms with van der Waals surface area (Å²) in [5.74, 6) is -6.19. The van der Waals surface area contributed by atoms with Gasteiger partial charge in [0.15, 0.2) is 0 Å². The van der Waals surface area contributed by atoms with Gasteiger partial charge in [0, 0.05) is 63.4 Å². The van der Waals surface area contributed by atoms with Crippen LogP contribution in [-0.2, 0) is 47.9 Å². The number of hydrogen-bond acceptors (Lipinski definition) is 11. The van der Waals surface area contributed by atoms with Crippen LogP contribution in [0.15, 0.2) is 0 Å². The van der Waals surface area contributed by atoms with E-state index in [1.54, 1.807) is 7.05 Å². The van der Waals surface area contributed by atoms with Crippen molar-refractivity contribution in [3.63, 3.8) is 0 Å². The fourth-order valence-corrected chi connectivity index (χ4v) is 3.87. The molecule has 9 amide bonds. The van der Waals surface area contributed by atoms with Gasteiger partial charge in [0.05, 0.1) is 58.9 Å². The fourth-order valence-electron chi connectivity index (χ4n) is 3.87. The second-order valence-corrected chi connectivity index (χ2v) is 12.2. The summed E-state index contributed by atoms with van der Waals surface area (Å²) in [6.07, 6.45) is 0. The molecule has 0 saturated heterocycles. The average molecular weight is 729 g/mol. The lowest BCUT2D eigenvalue weighted by atomic mass is 10.3. The predicted octanol–water partition coefficient (Wildman–Crippen LogP) is -5.58. The van der Waals surface area contributed by atoms with Crippen LogP contribution in [0.3, 0.4) is 0 Å². The van der Waals surface area contributed by atoms with Crippen LogP contribution in [0.1, 0.15) is 0 Å². The lowest BCUT2D eigenvalue weighted by Gasteiger charge is -2.27. The maximum atomic E-state index is 12.8. The first-order chi connectivity index (χ1) is 23.5. The molecule has 288 valence electrons. The Balaban J connectivity index is 4.84. The molecule has 0 rings (SSSR count). The van der Waals surface area contributed by atoms with Crippen LogP contribution in [0.5, 0.6) is 0 Å². The normalized spacial score (nSPS) is 10.3. The highest BCUT2D eigenvalue weighted by molar-refractivity contribution is 5.93. The van der Waals surface area contributed by atoms with Crippen LogP contribution in [-0.4, -0.2) is 244 Å². The molecule has 0 fully saturated rings. The van der Waals surface area contributed by atoms with E-state index in [0.717, 1.165) is 39.2 Å². The maximum absolute atomic E-state index is 12.8. The van der Waals surface area contributed by atoms with E-state index in [4.69, 9.17) is 5.11 Å². The molecule has 0 saturated carbocycles. The van der Waals surface area contributed by atoms with E-state index in [1.807, 2.05) is 0 Å². The van der Waals surface area contributed by atoms with Crippen molar-refractivity contribution in [1.29, 1.82) is 0 Å². The van der Waals surface area contributed by atoms with E-state index in [0.29, 0.717) is 0 Å². The van der Waals surface area contributed by atoms with Crippen molar-refractivity contribution >= 4 is 59.1 Å². The number of amides is 9. The molecule has 0 aliphatic heterocycles. The Morgan fingerprint density at radius 3 is 0.647 bits per heavy atom. The van der Waals surface area contributed by atoms with Crippen LogP contribution in [0, 0.1) is 0 Å². The van der Waals surface area contributed by atoms with Crippen LogP contribution in [0.25, 0.3) is 0 Å². The second kappa shape index (κ2) is 21.7. The molecule has 0 unspecified atom stereocenters. The first-order valence-corrected chi connectivity index (χ1v) is 15.5. The van der Waals surface area contributed by atoms with Crippen molar-refractivity contribution < 1.29 is 53.1 Å². The van der Waals surface area contributed by atoms with Gasteiger partial charge in [-0.1, -0.05) is 0 Å². The number of nitrogens with zero attached hydrogens (tertiary/aromatic N) is 9.